The molecule has 188 valence electrons. The number of nitrogens with one attached hydrogen (secondary N) is 1. The summed E-state index contributed by atoms with van der Waals surface area (Å²) in [4.78, 5) is 39.6. The van der Waals surface area contributed by atoms with E-state index in [9.17, 15) is 14.4 Å². The number of amides is 2. The summed E-state index contributed by atoms with van der Waals surface area (Å²) in [5.41, 5.74) is -0.886. The lowest BCUT2D eigenvalue weighted by atomic mass is 9.63. The lowest BCUT2D eigenvalue weighted by Gasteiger charge is -2.54. The fourth-order valence-electron chi connectivity index (χ4n) is 5.05. The van der Waals surface area contributed by atoms with Crippen LogP contribution in [0.2, 0.25) is 13.1 Å². The molecular weight excluding hydrogens is 440 g/mol. The summed E-state index contributed by atoms with van der Waals surface area (Å²) in [7, 11) is 0.178. The molecule has 0 bridgehead atoms. The minimum atomic E-state index is -1.42. The van der Waals surface area contributed by atoms with Crippen molar-refractivity contribution >= 4 is 26.8 Å². The predicted molar refractivity (Wildman–Crippen MR) is 130 cm³/mol. The van der Waals surface area contributed by atoms with Gasteiger partial charge in [-0.25, -0.2) is 4.79 Å². The van der Waals surface area contributed by atoms with Crippen molar-refractivity contribution in [3.8, 4) is 0 Å². The molecule has 0 aliphatic carbocycles. The van der Waals surface area contributed by atoms with Gasteiger partial charge >= 0.3 is 6.09 Å². The van der Waals surface area contributed by atoms with Crippen LogP contribution in [0.5, 0.6) is 0 Å². The number of likely N-dealkylation sites (tertiary alicyclic amines) is 1. The maximum Gasteiger partial charge on any atom is 0.410 e. The van der Waals surface area contributed by atoms with E-state index in [2.05, 4.69) is 45.8 Å². The number of carbonyl (C=O) groups excluding carboxylic acids is 3. The van der Waals surface area contributed by atoms with E-state index in [1.165, 1.54) is 6.08 Å². The summed E-state index contributed by atoms with van der Waals surface area (Å²) in [6.07, 6.45) is 2.44. The molecule has 0 radical (unpaired) electrons. The Labute approximate surface area is 200 Å². The Morgan fingerprint density at radius 1 is 1.24 bits per heavy atom. The topological polar surface area (TPSA) is 94.2 Å². The average Bonchev–Trinajstić information content (AvgIpc) is 3.06. The van der Waals surface area contributed by atoms with Crippen LogP contribution in [0, 0.1) is 17.3 Å². The van der Waals surface area contributed by atoms with E-state index in [4.69, 9.17) is 13.9 Å². The molecule has 0 saturated carbocycles. The molecule has 9 heteroatoms. The van der Waals surface area contributed by atoms with Crippen molar-refractivity contribution < 1.29 is 28.3 Å². The van der Waals surface area contributed by atoms with Crippen LogP contribution < -0.4 is 5.32 Å². The number of methoxy groups -OCH3 is 1. The highest BCUT2D eigenvalue weighted by Gasteiger charge is 2.57. The summed E-state index contributed by atoms with van der Waals surface area (Å²) in [5.74, 6) is -0.273. The second-order valence-electron chi connectivity index (χ2n) is 10.8. The lowest BCUT2D eigenvalue weighted by Crippen LogP contribution is -2.70. The van der Waals surface area contributed by atoms with E-state index in [-0.39, 0.29) is 54.1 Å². The molecule has 2 amide bonds. The normalized spacial score (nSPS) is 27.0. The Hall–Kier alpha value is -1.71. The number of hydrogen-bond acceptors (Lipinski definition) is 6. The number of nitrogens with zero attached hydrogens (tertiary/aromatic N) is 1. The van der Waals surface area contributed by atoms with E-state index in [1.54, 1.807) is 12.0 Å². The van der Waals surface area contributed by atoms with Gasteiger partial charge in [-0.3, -0.25) is 9.59 Å². The summed E-state index contributed by atoms with van der Waals surface area (Å²) < 4.78 is 16.9. The van der Waals surface area contributed by atoms with Crippen molar-refractivity contribution in [1.82, 2.24) is 10.2 Å². The largest absolute Gasteiger partial charge is 0.445 e. The molecule has 2 rings (SSSR count). The Bertz CT molecular complexity index is 737. The highest BCUT2D eigenvalue weighted by Crippen LogP contribution is 2.45. The fraction of sp³-hybridized carbons (Fsp3) is 0.792. The Morgan fingerprint density at radius 3 is 2.42 bits per heavy atom. The van der Waals surface area contributed by atoms with E-state index < -0.39 is 20.7 Å². The van der Waals surface area contributed by atoms with Crippen molar-refractivity contribution in [1.29, 1.82) is 0 Å². The average molecular weight is 483 g/mol. The van der Waals surface area contributed by atoms with Gasteiger partial charge in [-0.2, -0.15) is 0 Å². The summed E-state index contributed by atoms with van der Waals surface area (Å²) >= 11 is 0. The molecule has 1 unspecified atom stereocenters. The van der Waals surface area contributed by atoms with Gasteiger partial charge in [-0.1, -0.05) is 33.4 Å². The van der Waals surface area contributed by atoms with E-state index in [0.717, 1.165) is 0 Å². The van der Waals surface area contributed by atoms with Crippen molar-refractivity contribution in [2.24, 2.45) is 17.3 Å². The molecule has 0 spiro atoms. The van der Waals surface area contributed by atoms with Crippen molar-refractivity contribution in [2.45, 2.75) is 77.7 Å². The van der Waals surface area contributed by atoms with Crippen LogP contribution in [0.4, 0.5) is 4.79 Å². The zero-order valence-corrected chi connectivity index (χ0v) is 22.5. The number of β-lactam (4-membered cyclic amide) rings is 1. The molecule has 5 atom stereocenters. The van der Waals surface area contributed by atoms with Crippen LogP contribution in [0.25, 0.3) is 0 Å². The maximum atomic E-state index is 13.0. The van der Waals surface area contributed by atoms with Gasteiger partial charge in [0.25, 0.3) is 0 Å². The van der Waals surface area contributed by atoms with Gasteiger partial charge in [-0.15, -0.1) is 0 Å². The maximum absolute atomic E-state index is 13.0. The molecule has 2 heterocycles. The molecule has 2 saturated heterocycles. The molecule has 2 fully saturated rings. The standard InChI is InChI=1S/C24H42N2O6Si/c1-9-10-31-22(29)26-14-16(11-17(26)15-30-6)12-18(27)13-19-20(21(28)25-19)24(5,23(2,3)4)32-33(7)8/h9,16-17,19-20,33H,1,10-15H2,2-8H3,(H,25,28)/t16?,17-,19+,20+,24+/m0/s1. The van der Waals surface area contributed by atoms with Crippen molar-refractivity contribution in [2.75, 3.05) is 26.9 Å². The quantitative estimate of drug-likeness (QED) is 0.276. The molecule has 2 aliphatic heterocycles. The monoisotopic (exact) mass is 482 g/mol. The van der Waals surface area contributed by atoms with E-state index >= 15 is 0 Å². The number of carbonyl (C=O) groups is 3. The highest BCUT2D eigenvalue weighted by atomic mass is 28.3. The van der Waals surface area contributed by atoms with E-state index in [1.807, 2.05) is 6.92 Å². The SMILES string of the molecule is C=CCOC(=O)N1CC(CC(=O)C[C@H]2NC(=O)[C@@H]2[C@@](C)(O[SiH](C)C)C(C)(C)C)C[C@H]1COC. The van der Waals surface area contributed by atoms with Gasteiger partial charge in [0.2, 0.25) is 5.91 Å². The molecule has 0 aromatic carbocycles. The van der Waals surface area contributed by atoms with E-state index in [0.29, 0.717) is 26.0 Å². The first-order valence-corrected chi connectivity index (χ1v) is 14.6. The first-order valence-electron chi connectivity index (χ1n) is 11.9. The molecule has 0 aromatic heterocycles. The van der Waals surface area contributed by atoms with Crippen LogP contribution in [-0.2, 0) is 23.5 Å². The van der Waals surface area contributed by atoms with Gasteiger partial charge in [0.1, 0.15) is 12.4 Å². The number of hydrogen-bond donors (Lipinski definition) is 1. The minimum Gasteiger partial charge on any atom is -0.445 e. The number of ether oxygens (including phenoxy) is 2. The first kappa shape index (κ1) is 27.5. The van der Waals surface area contributed by atoms with Gasteiger partial charge in [0.15, 0.2) is 9.04 Å². The summed E-state index contributed by atoms with van der Waals surface area (Å²) in [6, 6.07) is -0.346. The Kier molecular flexibility index (Phi) is 9.29. The van der Waals surface area contributed by atoms with Gasteiger partial charge in [-0.05, 0) is 37.8 Å². The molecule has 2 aliphatic rings. The number of Topliss-reactive ketones (excluding diaryl/α,β-unsaturated/α-hetero) is 1. The van der Waals surface area contributed by atoms with Crippen molar-refractivity contribution in [3.63, 3.8) is 0 Å². The molecular formula is C24H42N2O6Si. The number of rotatable bonds is 11. The van der Waals surface area contributed by atoms with Crippen LogP contribution >= 0.6 is 0 Å². The minimum absolute atomic E-state index is 0.0384. The third-order valence-electron chi connectivity index (χ3n) is 6.96. The predicted octanol–water partition coefficient (Wildman–Crippen LogP) is 2.91. The molecule has 33 heavy (non-hydrogen) atoms. The summed E-state index contributed by atoms with van der Waals surface area (Å²) in [5, 5.41) is 2.94. The molecule has 0 aromatic rings. The fourth-order valence-corrected chi connectivity index (χ4v) is 6.53. The first-order chi connectivity index (χ1) is 15.3. The third kappa shape index (κ3) is 6.45. The Morgan fingerprint density at radius 2 is 1.91 bits per heavy atom. The lowest BCUT2D eigenvalue weighted by molar-refractivity contribution is -0.160. The summed E-state index contributed by atoms with van der Waals surface area (Å²) in [6.45, 7) is 17.0. The third-order valence-corrected chi connectivity index (χ3v) is 7.92. The van der Waals surface area contributed by atoms with Gasteiger partial charge in [0.05, 0.1) is 30.2 Å². The van der Waals surface area contributed by atoms with Crippen LogP contribution in [-0.4, -0.2) is 76.3 Å². The van der Waals surface area contributed by atoms with Crippen LogP contribution in [0.1, 0.15) is 47.0 Å². The van der Waals surface area contributed by atoms with Gasteiger partial charge in [0, 0.05) is 26.5 Å². The smallest absolute Gasteiger partial charge is 0.410 e. The highest BCUT2D eigenvalue weighted by molar-refractivity contribution is 6.48. The molecule has 1 N–H and O–H groups in total. The zero-order chi connectivity index (χ0) is 25.0. The second kappa shape index (κ2) is 11.1. The zero-order valence-electron chi connectivity index (χ0n) is 21.3. The van der Waals surface area contributed by atoms with Crippen LogP contribution in [0.15, 0.2) is 12.7 Å². The number of ketones is 1. The van der Waals surface area contributed by atoms with Crippen molar-refractivity contribution in [3.05, 3.63) is 12.7 Å². The van der Waals surface area contributed by atoms with Gasteiger partial charge < -0.3 is 24.1 Å². The second-order valence-corrected chi connectivity index (χ2v) is 13.1. The molecule has 8 nitrogen and oxygen atoms in total. The Balaban J connectivity index is 2.02. The van der Waals surface area contributed by atoms with Crippen LogP contribution in [0.3, 0.4) is 0 Å².